The Morgan fingerprint density at radius 2 is 2.09 bits per heavy atom. The lowest BCUT2D eigenvalue weighted by atomic mass is 9.94. The Bertz CT molecular complexity index is 1290. The number of imidazole rings is 1. The number of likely N-dealkylation sites (tertiary alicyclic amines) is 1. The van der Waals surface area contributed by atoms with Gasteiger partial charge in [0.05, 0.1) is 22.9 Å². The summed E-state index contributed by atoms with van der Waals surface area (Å²) in [5.74, 6) is 0.687. The predicted molar refractivity (Wildman–Crippen MR) is 129 cm³/mol. The van der Waals surface area contributed by atoms with E-state index < -0.39 is 0 Å². The van der Waals surface area contributed by atoms with Gasteiger partial charge in [-0.25, -0.2) is 14.6 Å². The Morgan fingerprint density at radius 3 is 2.85 bits per heavy atom. The van der Waals surface area contributed by atoms with Crippen molar-refractivity contribution in [1.29, 1.82) is 0 Å². The number of piperidine rings is 1. The van der Waals surface area contributed by atoms with Crippen molar-refractivity contribution in [1.82, 2.24) is 29.2 Å². The van der Waals surface area contributed by atoms with Crippen molar-refractivity contribution in [3.63, 3.8) is 0 Å². The highest BCUT2D eigenvalue weighted by Gasteiger charge is 2.26. The molecule has 1 aromatic carbocycles. The molecule has 0 spiro atoms. The third-order valence-corrected chi connectivity index (χ3v) is 6.26. The Hall–Kier alpha value is -4.01. The molecule has 4 aromatic rings. The topological polar surface area (TPSA) is 97.9 Å². The lowest BCUT2D eigenvalue weighted by molar-refractivity contribution is -0.117. The molecular formula is C25H27N7O2. The molecule has 1 saturated heterocycles. The number of rotatable bonds is 6. The van der Waals surface area contributed by atoms with Gasteiger partial charge in [0.25, 0.3) is 5.91 Å². The van der Waals surface area contributed by atoms with Crippen LogP contribution in [0, 0.1) is 5.92 Å². The minimum Gasteiger partial charge on any atom is -0.338 e. The number of benzene rings is 1. The third kappa shape index (κ3) is 4.54. The van der Waals surface area contributed by atoms with Crippen LogP contribution in [-0.2, 0) is 11.3 Å². The first-order chi connectivity index (χ1) is 16.6. The fourth-order valence-electron chi connectivity index (χ4n) is 4.52. The smallest absolute Gasteiger partial charge is 0.255 e. The first kappa shape index (κ1) is 21.8. The van der Waals surface area contributed by atoms with Crippen LogP contribution in [0.1, 0.15) is 36.5 Å². The van der Waals surface area contributed by atoms with E-state index in [1.54, 1.807) is 35.4 Å². The number of aromatic nitrogens is 5. The van der Waals surface area contributed by atoms with Crippen LogP contribution in [0.4, 0.5) is 5.69 Å². The SMILES string of the molecule is CCn1cnc2cc(NC(=O)C[C@H]3CCCN(C(=O)c4ccc(-n5cccn5)nc4)C3)ccc21. The van der Waals surface area contributed by atoms with E-state index in [0.29, 0.717) is 30.9 Å². The van der Waals surface area contributed by atoms with E-state index >= 15 is 0 Å². The number of carbonyl (C=O) groups is 2. The van der Waals surface area contributed by atoms with Crippen LogP contribution in [0.3, 0.4) is 0 Å². The van der Waals surface area contributed by atoms with Crippen LogP contribution in [0.15, 0.2) is 61.3 Å². The normalized spacial score (nSPS) is 16.0. The summed E-state index contributed by atoms with van der Waals surface area (Å²) in [6.45, 7) is 4.17. The Morgan fingerprint density at radius 1 is 1.18 bits per heavy atom. The second-order valence-electron chi connectivity index (χ2n) is 8.60. The molecule has 0 bridgehead atoms. The molecule has 1 aliphatic heterocycles. The summed E-state index contributed by atoms with van der Waals surface area (Å²) in [4.78, 5) is 36.3. The first-order valence-electron chi connectivity index (χ1n) is 11.6. The molecule has 0 aliphatic carbocycles. The highest BCUT2D eigenvalue weighted by molar-refractivity contribution is 5.95. The minimum atomic E-state index is -0.0541. The quantitative estimate of drug-likeness (QED) is 0.478. The van der Waals surface area contributed by atoms with Gasteiger partial charge in [-0.15, -0.1) is 0 Å². The fourth-order valence-corrected chi connectivity index (χ4v) is 4.52. The number of anilines is 1. The summed E-state index contributed by atoms with van der Waals surface area (Å²) >= 11 is 0. The third-order valence-electron chi connectivity index (χ3n) is 6.26. The van der Waals surface area contributed by atoms with Gasteiger partial charge in [0.1, 0.15) is 0 Å². The molecular weight excluding hydrogens is 430 g/mol. The van der Waals surface area contributed by atoms with Gasteiger partial charge in [-0.05, 0) is 62.1 Å². The van der Waals surface area contributed by atoms with Gasteiger partial charge < -0.3 is 14.8 Å². The van der Waals surface area contributed by atoms with Gasteiger partial charge >= 0.3 is 0 Å². The molecule has 3 aromatic heterocycles. The second-order valence-corrected chi connectivity index (χ2v) is 8.60. The summed E-state index contributed by atoms with van der Waals surface area (Å²) in [6.07, 6.45) is 9.07. The molecule has 9 nitrogen and oxygen atoms in total. The Kier molecular flexibility index (Phi) is 6.07. The molecule has 2 amide bonds. The molecule has 1 atom stereocenters. The zero-order valence-electron chi connectivity index (χ0n) is 19.1. The molecule has 9 heteroatoms. The average Bonchev–Trinajstić information content (AvgIpc) is 3.54. The van der Waals surface area contributed by atoms with Crippen molar-refractivity contribution < 1.29 is 9.59 Å². The summed E-state index contributed by atoms with van der Waals surface area (Å²) in [5.41, 5.74) is 3.20. The van der Waals surface area contributed by atoms with Gasteiger partial charge in [0.2, 0.25) is 5.91 Å². The van der Waals surface area contributed by atoms with Gasteiger partial charge in [0.15, 0.2) is 5.82 Å². The maximum Gasteiger partial charge on any atom is 0.255 e. The number of carbonyl (C=O) groups excluding carboxylic acids is 2. The van der Waals surface area contributed by atoms with E-state index in [0.717, 1.165) is 36.1 Å². The molecule has 0 radical (unpaired) electrons. The number of amides is 2. The molecule has 4 heterocycles. The standard InChI is InChI=1S/C25H27N7O2/c1-2-30-17-27-21-14-20(7-8-22(21)30)29-24(33)13-18-5-3-11-31(16-18)25(34)19-6-9-23(26-15-19)32-12-4-10-28-32/h4,6-10,12,14-15,17-18H,2-3,5,11,13,16H2,1H3,(H,29,33)/t18-/m1/s1. The van der Waals surface area contributed by atoms with Crippen LogP contribution in [0.2, 0.25) is 0 Å². The minimum absolute atomic E-state index is 0.0428. The Balaban J connectivity index is 1.18. The van der Waals surface area contributed by atoms with E-state index in [1.165, 1.54) is 0 Å². The lowest BCUT2D eigenvalue weighted by Crippen LogP contribution is -2.41. The maximum absolute atomic E-state index is 13.0. The molecule has 174 valence electrons. The lowest BCUT2D eigenvalue weighted by Gasteiger charge is -2.32. The summed E-state index contributed by atoms with van der Waals surface area (Å²) in [6, 6.07) is 11.2. The van der Waals surface area contributed by atoms with E-state index in [9.17, 15) is 9.59 Å². The first-order valence-corrected chi connectivity index (χ1v) is 11.6. The molecule has 0 saturated carbocycles. The molecule has 34 heavy (non-hydrogen) atoms. The Labute approximate surface area is 197 Å². The number of nitrogens with zero attached hydrogens (tertiary/aromatic N) is 6. The van der Waals surface area contributed by atoms with Crippen molar-refractivity contribution in [3.8, 4) is 5.82 Å². The highest BCUT2D eigenvalue weighted by Crippen LogP contribution is 2.23. The molecule has 1 aliphatic rings. The number of pyridine rings is 1. The highest BCUT2D eigenvalue weighted by atomic mass is 16.2. The van der Waals surface area contributed by atoms with Crippen LogP contribution in [-0.4, -0.2) is 54.1 Å². The van der Waals surface area contributed by atoms with Crippen molar-refractivity contribution in [2.45, 2.75) is 32.7 Å². The van der Waals surface area contributed by atoms with Crippen LogP contribution >= 0.6 is 0 Å². The van der Waals surface area contributed by atoms with Gasteiger partial charge in [-0.1, -0.05) is 0 Å². The average molecular weight is 458 g/mol. The predicted octanol–water partition coefficient (Wildman–Crippen LogP) is 3.52. The van der Waals surface area contributed by atoms with Crippen molar-refractivity contribution in [2.24, 2.45) is 5.92 Å². The maximum atomic E-state index is 13.0. The second kappa shape index (κ2) is 9.46. The van der Waals surface area contributed by atoms with Crippen molar-refractivity contribution in [3.05, 3.63) is 66.9 Å². The molecule has 1 N–H and O–H groups in total. The van der Waals surface area contributed by atoms with E-state index in [1.807, 2.05) is 35.5 Å². The number of hydrogen-bond acceptors (Lipinski definition) is 5. The van der Waals surface area contributed by atoms with Crippen LogP contribution in [0.5, 0.6) is 0 Å². The molecule has 1 fully saturated rings. The van der Waals surface area contributed by atoms with E-state index in [4.69, 9.17) is 0 Å². The van der Waals surface area contributed by atoms with Gasteiger partial charge in [0, 0.05) is 50.3 Å². The molecule has 5 rings (SSSR count). The monoisotopic (exact) mass is 457 g/mol. The number of nitrogens with one attached hydrogen (secondary N) is 1. The fraction of sp³-hybridized carbons (Fsp3) is 0.320. The van der Waals surface area contributed by atoms with Gasteiger partial charge in [-0.3, -0.25) is 9.59 Å². The summed E-state index contributed by atoms with van der Waals surface area (Å²) < 4.78 is 3.71. The molecule has 0 unspecified atom stereocenters. The summed E-state index contributed by atoms with van der Waals surface area (Å²) in [5, 5.41) is 7.15. The largest absolute Gasteiger partial charge is 0.338 e. The summed E-state index contributed by atoms with van der Waals surface area (Å²) in [7, 11) is 0. The van der Waals surface area contributed by atoms with Crippen molar-refractivity contribution >= 4 is 28.5 Å². The van der Waals surface area contributed by atoms with E-state index in [2.05, 4.69) is 31.9 Å². The van der Waals surface area contributed by atoms with E-state index in [-0.39, 0.29) is 17.7 Å². The number of hydrogen-bond donors (Lipinski definition) is 1. The van der Waals surface area contributed by atoms with Crippen LogP contribution in [0.25, 0.3) is 16.9 Å². The zero-order valence-corrected chi connectivity index (χ0v) is 19.1. The van der Waals surface area contributed by atoms with Crippen LogP contribution < -0.4 is 5.32 Å². The number of aryl methyl sites for hydroxylation is 1. The van der Waals surface area contributed by atoms with Gasteiger partial charge in [-0.2, -0.15) is 5.10 Å². The zero-order chi connectivity index (χ0) is 23.5. The van der Waals surface area contributed by atoms with Crippen molar-refractivity contribution in [2.75, 3.05) is 18.4 Å². The number of fused-ring (bicyclic) bond motifs is 1.